The van der Waals surface area contributed by atoms with Gasteiger partial charge in [0.1, 0.15) is 11.4 Å². The van der Waals surface area contributed by atoms with Gasteiger partial charge in [0, 0.05) is 12.0 Å². The van der Waals surface area contributed by atoms with Crippen LogP contribution in [0.3, 0.4) is 0 Å². The summed E-state index contributed by atoms with van der Waals surface area (Å²) >= 11 is 2.98. The Morgan fingerprint density at radius 2 is 2.33 bits per heavy atom. The Labute approximate surface area is 147 Å². The minimum absolute atomic E-state index is 0.0546. The zero-order chi connectivity index (χ0) is 17.3. The Morgan fingerprint density at radius 3 is 2.96 bits per heavy atom. The molecular weight excluding hydrogens is 352 g/mol. The van der Waals surface area contributed by atoms with Gasteiger partial charge in [0.2, 0.25) is 11.8 Å². The van der Waals surface area contributed by atoms with E-state index in [-0.39, 0.29) is 30.2 Å². The van der Waals surface area contributed by atoms with Crippen LogP contribution in [0.25, 0.3) is 0 Å². The zero-order valence-electron chi connectivity index (χ0n) is 13.1. The summed E-state index contributed by atoms with van der Waals surface area (Å²) in [4.78, 5) is 38.7. The van der Waals surface area contributed by atoms with E-state index in [4.69, 9.17) is 4.74 Å². The van der Waals surface area contributed by atoms with E-state index in [0.717, 1.165) is 4.88 Å². The van der Waals surface area contributed by atoms with Gasteiger partial charge in [-0.15, -0.1) is 23.1 Å². The third-order valence-electron chi connectivity index (χ3n) is 4.32. The number of fused-ring (bicyclic) bond motifs is 1. The second-order valence-electron chi connectivity index (χ2n) is 5.79. The monoisotopic (exact) mass is 370 g/mol. The summed E-state index contributed by atoms with van der Waals surface area (Å²) in [5.74, 6) is -1.05. The molecule has 130 valence electrons. The van der Waals surface area contributed by atoms with Crippen molar-refractivity contribution < 1.29 is 24.2 Å². The fraction of sp³-hybridized carbons (Fsp3) is 0.533. The molecule has 0 aliphatic carbocycles. The van der Waals surface area contributed by atoms with Crippen molar-refractivity contribution in [3.05, 3.63) is 22.4 Å². The highest BCUT2D eigenvalue weighted by molar-refractivity contribution is 8.00. The van der Waals surface area contributed by atoms with E-state index in [1.54, 1.807) is 0 Å². The Balaban J connectivity index is 1.70. The minimum atomic E-state index is -1.34. The lowest BCUT2D eigenvalue weighted by atomic mass is 9.88. The van der Waals surface area contributed by atoms with Crippen LogP contribution < -0.4 is 5.32 Å². The molecule has 2 aliphatic rings. The second-order valence-corrected chi connectivity index (χ2v) is 8.05. The summed E-state index contributed by atoms with van der Waals surface area (Å²) < 4.78 is 5.06. The van der Waals surface area contributed by atoms with Gasteiger partial charge in [0.15, 0.2) is 5.54 Å². The molecule has 1 aromatic rings. The van der Waals surface area contributed by atoms with Crippen molar-refractivity contribution in [2.75, 3.05) is 19.5 Å². The largest absolute Gasteiger partial charge is 0.479 e. The fourth-order valence-electron chi connectivity index (χ4n) is 3.14. The van der Waals surface area contributed by atoms with Gasteiger partial charge in [-0.05, 0) is 23.6 Å². The van der Waals surface area contributed by atoms with Crippen molar-refractivity contribution in [2.24, 2.45) is 0 Å². The molecule has 7 nitrogen and oxygen atoms in total. The average Bonchev–Trinajstić information content (AvgIpc) is 3.05. The van der Waals surface area contributed by atoms with E-state index in [1.807, 2.05) is 17.5 Å². The van der Waals surface area contributed by atoms with Gasteiger partial charge < -0.3 is 20.1 Å². The van der Waals surface area contributed by atoms with Crippen LogP contribution in [-0.2, 0) is 25.5 Å². The number of nitrogens with one attached hydrogen (secondary N) is 1. The van der Waals surface area contributed by atoms with Crippen molar-refractivity contribution in [3.8, 4) is 0 Å². The highest BCUT2D eigenvalue weighted by atomic mass is 32.2. The number of thioether (sulfide) groups is 1. The molecule has 3 rings (SSSR count). The van der Waals surface area contributed by atoms with E-state index in [0.29, 0.717) is 12.2 Å². The number of thiophene rings is 1. The summed E-state index contributed by atoms with van der Waals surface area (Å²) in [6, 6.07) is 3.06. The Hall–Kier alpha value is -1.58. The molecule has 0 saturated carbocycles. The number of carboxylic acids is 1. The number of methoxy groups -OCH3 is 1. The molecule has 0 spiro atoms. The van der Waals surface area contributed by atoms with Crippen LogP contribution >= 0.6 is 23.1 Å². The highest BCUT2D eigenvalue weighted by Gasteiger charge is 2.62. The SMILES string of the molecule is COCC1(C(=O)O)CCSC2C(NC(=O)Cc3cccs3)C(=O)N21. The van der Waals surface area contributed by atoms with Gasteiger partial charge in [0.05, 0.1) is 13.0 Å². The topological polar surface area (TPSA) is 95.9 Å². The first-order valence-corrected chi connectivity index (χ1v) is 9.41. The Bertz CT molecular complexity index is 646. The molecule has 3 unspecified atom stereocenters. The molecule has 9 heteroatoms. The zero-order valence-corrected chi connectivity index (χ0v) is 14.7. The lowest BCUT2D eigenvalue weighted by molar-refractivity contribution is -0.178. The molecule has 2 fully saturated rings. The van der Waals surface area contributed by atoms with Crippen LogP contribution in [0.1, 0.15) is 11.3 Å². The van der Waals surface area contributed by atoms with Gasteiger partial charge >= 0.3 is 5.97 Å². The molecular formula is C15H18N2O5S2. The lowest BCUT2D eigenvalue weighted by Gasteiger charge is -2.57. The summed E-state index contributed by atoms with van der Waals surface area (Å²) in [6.45, 7) is -0.0546. The molecule has 24 heavy (non-hydrogen) atoms. The predicted octanol–water partition coefficient (Wildman–Crippen LogP) is 0.550. The number of amides is 2. The Kier molecular flexibility index (Phi) is 4.84. The molecule has 2 N–H and O–H groups in total. The molecule has 0 bridgehead atoms. The van der Waals surface area contributed by atoms with Crippen molar-refractivity contribution >= 4 is 40.9 Å². The van der Waals surface area contributed by atoms with Crippen molar-refractivity contribution in [1.29, 1.82) is 0 Å². The van der Waals surface area contributed by atoms with Crippen LogP contribution in [0.5, 0.6) is 0 Å². The minimum Gasteiger partial charge on any atom is -0.479 e. The maximum absolute atomic E-state index is 12.5. The number of carbonyl (C=O) groups excluding carboxylic acids is 2. The van der Waals surface area contributed by atoms with Gasteiger partial charge in [-0.2, -0.15) is 0 Å². The quantitative estimate of drug-likeness (QED) is 0.710. The second kappa shape index (κ2) is 6.73. The normalized spacial score (nSPS) is 28.9. The number of β-lactam (4-membered cyclic amide) rings is 1. The molecule has 2 aliphatic heterocycles. The van der Waals surface area contributed by atoms with Crippen LogP contribution in [0.2, 0.25) is 0 Å². The summed E-state index contributed by atoms with van der Waals surface area (Å²) in [5.41, 5.74) is -1.34. The first-order valence-electron chi connectivity index (χ1n) is 7.48. The van der Waals surface area contributed by atoms with Crippen molar-refractivity contribution in [1.82, 2.24) is 10.2 Å². The molecule has 3 heterocycles. The predicted molar refractivity (Wildman–Crippen MR) is 89.9 cm³/mol. The van der Waals surface area contributed by atoms with Crippen LogP contribution in [0.4, 0.5) is 0 Å². The molecule has 2 saturated heterocycles. The van der Waals surface area contributed by atoms with E-state index in [9.17, 15) is 19.5 Å². The number of hydrogen-bond donors (Lipinski definition) is 2. The summed E-state index contributed by atoms with van der Waals surface area (Å²) in [6.07, 6.45) is 0.555. The number of aliphatic carboxylic acids is 1. The van der Waals surface area contributed by atoms with Crippen LogP contribution in [0.15, 0.2) is 17.5 Å². The summed E-state index contributed by atoms with van der Waals surface area (Å²) in [7, 11) is 1.42. The molecule has 3 atom stereocenters. The average molecular weight is 370 g/mol. The Morgan fingerprint density at radius 1 is 1.54 bits per heavy atom. The first-order chi connectivity index (χ1) is 11.5. The van der Waals surface area contributed by atoms with E-state index in [1.165, 1.54) is 35.1 Å². The van der Waals surface area contributed by atoms with Crippen molar-refractivity contribution in [2.45, 2.75) is 29.8 Å². The third kappa shape index (κ3) is 2.80. The van der Waals surface area contributed by atoms with E-state index in [2.05, 4.69) is 5.32 Å². The first kappa shape index (κ1) is 17.2. The summed E-state index contributed by atoms with van der Waals surface area (Å²) in [5, 5.41) is 13.9. The molecule has 0 radical (unpaired) electrons. The molecule has 2 amide bonds. The molecule has 1 aromatic heterocycles. The van der Waals surface area contributed by atoms with Gasteiger partial charge in [0.25, 0.3) is 0 Å². The smallest absolute Gasteiger partial charge is 0.332 e. The maximum Gasteiger partial charge on any atom is 0.332 e. The van der Waals surface area contributed by atoms with Crippen molar-refractivity contribution in [3.63, 3.8) is 0 Å². The molecule has 0 aromatic carbocycles. The fourth-order valence-corrected chi connectivity index (χ4v) is 5.37. The number of ether oxygens (including phenoxy) is 1. The van der Waals surface area contributed by atoms with Crippen LogP contribution in [-0.4, -0.2) is 64.2 Å². The number of rotatable bonds is 6. The van der Waals surface area contributed by atoms with Gasteiger partial charge in [-0.1, -0.05) is 6.07 Å². The number of hydrogen-bond acceptors (Lipinski definition) is 6. The number of nitrogens with zero attached hydrogens (tertiary/aromatic N) is 1. The lowest BCUT2D eigenvalue weighted by Crippen LogP contribution is -2.79. The maximum atomic E-state index is 12.5. The standard InChI is InChI=1S/C15H18N2O5S2/c1-22-8-15(14(20)21)4-6-24-13-11(12(19)17(13)15)16-10(18)7-9-3-2-5-23-9/h2-3,5,11,13H,4,6-8H2,1H3,(H,16,18)(H,20,21). The van der Waals surface area contributed by atoms with E-state index < -0.39 is 17.6 Å². The van der Waals surface area contributed by atoms with E-state index >= 15 is 0 Å². The highest BCUT2D eigenvalue weighted by Crippen LogP contribution is 2.43. The third-order valence-corrected chi connectivity index (χ3v) is 6.46. The van der Waals surface area contributed by atoms with Gasteiger partial charge in [-0.25, -0.2) is 4.79 Å². The van der Waals surface area contributed by atoms with Gasteiger partial charge in [-0.3, -0.25) is 9.59 Å². The number of carboxylic acid groups (broad SMARTS) is 1. The van der Waals surface area contributed by atoms with Crippen LogP contribution in [0, 0.1) is 0 Å². The number of carbonyl (C=O) groups is 3.